The summed E-state index contributed by atoms with van der Waals surface area (Å²) in [6.07, 6.45) is 1.78. The Morgan fingerprint density at radius 1 is 1.18 bits per heavy atom. The summed E-state index contributed by atoms with van der Waals surface area (Å²) in [4.78, 5) is 2.43. The predicted molar refractivity (Wildman–Crippen MR) is 69.6 cm³/mol. The summed E-state index contributed by atoms with van der Waals surface area (Å²) < 4.78 is 0. The third-order valence-corrected chi connectivity index (χ3v) is 3.60. The Bertz CT molecular complexity index is 396. The van der Waals surface area contributed by atoms with Gasteiger partial charge in [-0.3, -0.25) is 4.90 Å². The van der Waals surface area contributed by atoms with Crippen molar-refractivity contribution < 1.29 is 5.21 Å². The molecule has 1 heterocycles. The van der Waals surface area contributed by atoms with Crippen molar-refractivity contribution in [2.45, 2.75) is 33.2 Å². The molecule has 3 nitrogen and oxygen atoms in total. The number of aryl methyl sites for hydroxylation is 2. The molecule has 0 unspecified atom stereocenters. The van der Waals surface area contributed by atoms with E-state index in [1.54, 1.807) is 0 Å². The number of hydrogen-bond acceptors (Lipinski definition) is 3. The molecular formula is C14H20N2O. The number of hydrogen-bond donors (Lipinski definition) is 1. The molecular weight excluding hydrogens is 212 g/mol. The Kier molecular flexibility index (Phi) is 3.79. The molecule has 1 aromatic carbocycles. The second-order valence-electron chi connectivity index (χ2n) is 4.81. The van der Waals surface area contributed by atoms with Crippen LogP contribution >= 0.6 is 0 Å². The number of nitrogens with zero attached hydrogens (tertiary/aromatic N) is 2. The molecule has 17 heavy (non-hydrogen) atoms. The first-order valence-corrected chi connectivity index (χ1v) is 6.18. The van der Waals surface area contributed by atoms with Crippen molar-refractivity contribution in [3.63, 3.8) is 0 Å². The van der Waals surface area contributed by atoms with Crippen molar-refractivity contribution in [2.24, 2.45) is 5.16 Å². The topological polar surface area (TPSA) is 35.8 Å². The van der Waals surface area contributed by atoms with Gasteiger partial charge in [0.05, 0.1) is 5.71 Å². The minimum Gasteiger partial charge on any atom is -0.411 e. The molecule has 0 atom stereocenters. The van der Waals surface area contributed by atoms with E-state index in [4.69, 9.17) is 5.21 Å². The number of likely N-dealkylation sites (tertiary alicyclic amines) is 1. The molecule has 1 aliphatic rings. The Labute approximate surface area is 103 Å². The van der Waals surface area contributed by atoms with Gasteiger partial charge in [-0.1, -0.05) is 23.4 Å². The van der Waals surface area contributed by atoms with Gasteiger partial charge in [-0.2, -0.15) is 0 Å². The minimum atomic E-state index is 0.890. The van der Waals surface area contributed by atoms with Gasteiger partial charge in [0.1, 0.15) is 0 Å². The van der Waals surface area contributed by atoms with Crippen LogP contribution in [0.3, 0.4) is 0 Å². The highest BCUT2D eigenvalue weighted by Crippen LogP contribution is 2.18. The molecule has 3 heteroatoms. The van der Waals surface area contributed by atoms with Crippen LogP contribution in [0.4, 0.5) is 0 Å². The Hall–Kier alpha value is -1.35. The smallest absolute Gasteiger partial charge is 0.0596 e. The summed E-state index contributed by atoms with van der Waals surface area (Å²) in [7, 11) is 0. The molecule has 1 saturated heterocycles. The standard InChI is InChI=1S/C14H20N2O/c1-11-4-3-5-12(2)14(11)10-16-8-6-13(15-17)7-9-16/h3-5,17H,6-10H2,1-2H3. The molecule has 0 radical (unpaired) electrons. The summed E-state index contributed by atoms with van der Waals surface area (Å²) in [5.74, 6) is 0. The molecule has 0 bridgehead atoms. The summed E-state index contributed by atoms with van der Waals surface area (Å²) >= 11 is 0. The fourth-order valence-corrected chi connectivity index (χ4v) is 2.39. The maximum Gasteiger partial charge on any atom is 0.0596 e. The van der Waals surface area contributed by atoms with E-state index in [9.17, 15) is 0 Å². The second-order valence-corrected chi connectivity index (χ2v) is 4.81. The quantitative estimate of drug-likeness (QED) is 0.628. The first-order chi connectivity index (χ1) is 8.20. The third-order valence-electron chi connectivity index (χ3n) is 3.60. The molecule has 92 valence electrons. The van der Waals surface area contributed by atoms with Crippen molar-refractivity contribution in [3.05, 3.63) is 34.9 Å². The molecule has 0 amide bonds. The van der Waals surface area contributed by atoms with Gasteiger partial charge in [0.2, 0.25) is 0 Å². The Morgan fingerprint density at radius 3 is 2.29 bits per heavy atom. The highest BCUT2D eigenvalue weighted by atomic mass is 16.4. The summed E-state index contributed by atoms with van der Waals surface area (Å²) in [6.45, 7) is 7.34. The highest BCUT2D eigenvalue weighted by molar-refractivity contribution is 5.84. The van der Waals surface area contributed by atoms with Gasteiger partial charge in [0.15, 0.2) is 0 Å². The van der Waals surface area contributed by atoms with Gasteiger partial charge in [-0.15, -0.1) is 0 Å². The third kappa shape index (κ3) is 2.86. The average Bonchev–Trinajstić information content (AvgIpc) is 2.35. The van der Waals surface area contributed by atoms with E-state index < -0.39 is 0 Å². The van der Waals surface area contributed by atoms with Crippen LogP contribution in [0.5, 0.6) is 0 Å². The summed E-state index contributed by atoms with van der Waals surface area (Å²) in [5.41, 5.74) is 5.11. The van der Waals surface area contributed by atoms with Crippen LogP contribution in [0, 0.1) is 13.8 Å². The van der Waals surface area contributed by atoms with Crippen molar-refractivity contribution in [2.75, 3.05) is 13.1 Å². The van der Waals surface area contributed by atoms with Crippen molar-refractivity contribution in [1.82, 2.24) is 4.90 Å². The van der Waals surface area contributed by atoms with Crippen LogP contribution in [0.25, 0.3) is 0 Å². The molecule has 0 saturated carbocycles. The molecule has 0 aliphatic carbocycles. The Morgan fingerprint density at radius 2 is 1.76 bits per heavy atom. The zero-order chi connectivity index (χ0) is 12.3. The van der Waals surface area contributed by atoms with E-state index in [1.807, 2.05) is 0 Å². The van der Waals surface area contributed by atoms with Crippen LogP contribution in [0.1, 0.15) is 29.5 Å². The molecule has 1 aromatic rings. The molecule has 0 aromatic heterocycles. The van der Waals surface area contributed by atoms with Gasteiger partial charge in [0.25, 0.3) is 0 Å². The fraction of sp³-hybridized carbons (Fsp3) is 0.500. The normalized spacial score (nSPS) is 17.2. The van der Waals surface area contributed by atoms with E-state index in [0.29, 0.717) is 0 Å². The Balaban J connectivity index is 2.02. The number of piperidine rings is 1. The lowest BCUT2D eigenvalue weighted by atomic mass is 10.0. The number of oxime groups is 1. The number of benzene rings is 1. The SMILES string of the molecule is Cc1cccc(C)c1CN1CCC(=NO)CC1. The second kappa shape index (κ2) is 5.32. The summed E-state index contributed by atoms with van der Waals surface area (Å²) in [5, 5.41) is 12.0. The zero-order valence-electron chi connectivity index (χ0n) is 10.6. The van der Waals surface area contributed by atoms with E-state index in [0.717, 1.165) is 38.2 Å². The van der Waals surface area contributed by atoms with Crippen LogP contribution in [0.2, 0.25) is 0 Å². The monoisotopic (exact) mass is 232 g/mol. The summed E-state index contributed by atoms with van der Waals surface area (Å²) in [6, 6.07) is 6.46. The lowest BCUT2D eigenvalue weighted by Gasteiger charge is -2.28. The van der Waals surface area contributed by atoms with E-state index in [-0.39, 0.29) is 0 Å². The van der Waals surface area contributed by atoms with E-state index in [2.05, 4.69) is 42.1 Å². The van der Waals surface area contributed by atoms with Gasteiger partial charge >= 0.3 is 0 Å². The fourth-order valence-electron chi connectivity index (χ4n) is 2.39. The van der Waals surface area contributed by atoms with Crippen LogP contribution in [-0.4, -0.2) is 28.9 Å². The highest BCUT2D eigenvalue weighted by Gasteiger charge is 2.16. The number of rotatable bonds is 2. The van der Waals surface area contributed by atoms with Crippen LogP contribution < -0.4 is 0 Å². The largest absolute Gasteiger partial charge is 0.411 e. The van der Waals surface area contributed by atoms with Crippen LogP contribution in [-0.2, 0) is 6.54 Å². The molecule has 0 spiro atoms. The first kappa shape index (κ1) is 12.1. The van der Waals surface area contributed by atoms with Crippen LogP contribution in [0.15, 0.2) is 23.4 Å². The molecule has 1 aliphatic heterocycles. The van der Waals surface area contributed by atoms with Crippen molar-refractivity contribution in [1.29, 1.82) is 0 Å². The van der Waals surface area contributed by atoms with E-state index in [1.165, 1.54) is 16.7 Å². The zero-order valence-corrected chi connectivity index (χ0v) is 10.6. The lowest BCUT2D eigenvalue weighted by Crippen LogP contribution is -2.33. The molecule has 1 N–H and O–H groups in total. The first-order valence-electron chi connectivity index (χ1n) is 6.18. The maximum absolute atomic E-state index is 8.72. The van der Waals surface area contributed by atoms with Crippen molar-refractivity contribution >= 4 is 5.71 Å². The lowest BCUT2D eigenvalue weighted by molar-refractivity contribution is 0.255. The van der Waals surface area contributed by atoms with Gasteiger partial charge in [-0.05, 0) is 30.5 Å². The maximum atomic E-state index is 8.72. The van der Waals surface area contributed by atoms with E-state index >= 15 is 0 Å². The van der Waals surface area contributed by atoms with Gasteiger partial charge in [-0.25, -0.2) is 0 Å². The average molecular weight is 232 g/mol. The van der Waals surface area contributed by atoms with Gasteiger partial charge < -0.3 is 5.21 Å². The van der Waals surface area contributed by atoms with Gasteiger partial charge in [0, 0.05) is 32.5 Å². The molecule has 1 fully saturated rings. The predicted octanol–water partition coefficient (Wildman–Crippen LogP) is 2.73. The van der Waals surface area contributed by atoms with Crippen molar-refractivity contribution in [3.8, 4) is 0 Å². The minimum absolute atomic E-state index is 0.890. The molecule has 2 rings (SSSR count).